The Morgan fingerprint density at radius 1 is 1.53 bits per heavy atom. The van der Waals surface area contributed by atoms with E-state index < -0.39 is 0 Å². The third-order valence-corrected chi connectivity index (χ3v) is 5.50. The third-order valence-electron chi connectivity index (χ3n) is 3.94. The summed E-state index contributed by atoms with van der Waals surface area (Å²) in [6, 6.07) is 8.64. The van der Waals surface area contributed by atoms with Gasteiger partial charge < -0.3 is 10.0 Å². The van der Waals surface area contributed by atoms with E-state index in [0.717, 1.165) is 18.7 Å². The summed E-state index contributed by atoms with van der Waals surface area (Å²) in [5, 5.41) is 9.78. The number of nitrogens with zero attached hydrogens (tertiary/aromatic N) is 1. The fourth-order valence-electron chi connectivity index (χ4n) is 3.12. The molecular formula is C14H17NOS. The van der Waals surface area contributed by atoms with Gasteiger partial charge in [0.1, 0.15) is 0 Å². The number of thioether (sulfide) groups is 1. The van der Waals surface area contributed by atoms with Crippen molar-refractivity contribution in [2.45, 2.75) is 17.1 Å². The highest BCUT2D eigenvalue weighted by Crippen LogP contribution is 2.51. The molecule has 0 aliphatic carbocycles. The minimum atomic E-state index is 0.203. The molecule has 1 fully saturated rings. The highest BCUT2D eigenvalue weighted by atomic mass is 32.2. The highest BCUT2D eigenvalue weighted by molar-refractivity contribution is 8.00. The van der Waals surface area contributed by atoms with Gasteiger partial charge in [-0.2, -0.15) is 0 Å². The molecule has 0 aromatic heterocycles. The zero-order chi connectivity index (χ0) is 12.0. The number of fused-ring (bicyclic) bond motifs is 2. The Morgan fingerprint density at radius 3 is 3.00 bits per heavy atom. The quantitative estimate of drug-likeness (QED) is 0.772. The van der Waals surface area contributed by atoms with Gasteiger partial charge >= 0.3 is 0 Å². The molecule has 90 valence electrons. The van der Waals surface area contributed by atoms with Crippen LogP contribution in [0, 0.1) is 0 Å². The van der Waals surface area contributed by atoms with Gasteiger partial charge in [0.15, 0.2) is 0 Å². The van der Waals surface area contributed by atoms with E-state index in [1.165, 1.54) is 11.3 Å². The molecule has 3 rings (SSSR count). The molecule has 0 bridgehead atoms. The number of hydrogen-bond acceptors (Lipinski definition) is 3. The van der Waals surface area contributed by atoms with Crippen molar-refractivity contribution in [3.05, 3.63) is 42.2 Å². The molecule has 2 aliphatic heterocycles. The fraction of sp³-hybridized carbons (Fsp3) is 0.429. The van der Waals surface area contributed by atoms with E-state index in [2.05, 4.69) is 42.8 Å². The lowest BCUT2D eigenvalue weighted by Crippen LogP contribution is -2.32. The summed E-state index contributed by atoms with van der Waals surface area (Å²) in [6.45, 7) is 4.75. The molecule has 2 atom stereocenters. The number of hydrogen-bond donors (Lipinski definition) is 1. The van der Waals surface area contributed by atoms with Gasteiger partial charge in [0.2, 0.25) is 0 Å². The van der Waals surface area contributed by atoms with E-state index in [-0.39, 0.29) is 10.7 Å². The van der Waals surface area contributed by atoms with Crippen molar-refractivity contribution in [2.24, 2.45) is 0 Å². The molecule has 1 N–H and O–H groups in total. The molecule has 0 saturated carbocycles. The van der Waals surface area contributed by atoms with Crippen molar-refractivity contribution >= 4 is 17.4 Å². The maximum atomic E-state index is 9.58. The first-order valence-electron chi connectivity index (χ1n) is 5.92. The molecule has 17 heavy (non-hydrogen) atoms. The van der Waals surface area contributed by atoms with E-state index in [9.17, 15) is 5.11 Å². The van der Waals surface area contributed by atoms with Crippen LogP contribution in [0.2, 0.25) is 0 Å². The van der Waals surface area contributed by atoms with Crippen LogP contribution in [-0.2, 0) is 5.41 Å². The lowest BCUT2D eigenvalue weighted by atomic mass is 9.80. The Labute approximate surface area is 106 Å². The number of aliphatic hydroxyl groups is 1. The molecule has 1 saturated heterocycles. The van der Waals surface area contributed by atoms with E-state index in [1.54, 1.807) is 0 Å². The molecule has 2 heterocycles. The second-order valence-corrected chi connectivity index (χ2v) is 6.34. The molecule has 2 aliphatic rings. The summed E-state index contributed by atoms with van der Waals surface area (Å²) in [6.07, 6.45) is 1.01. The van der Waals surface area contributed by atoms with Crippen LogP contribution in [0.1, 0.15) is 12.0 Å². The van der Waals surface area contributed by atoms with E-state index in [1.807, 2.05) is 11.8 Å². The van der Waals surface area contributed by atoms with Crippen molar-refractivity contribution in [1.29, 1.82) is 0 Å². The third kappa shape index (κ3) is 1.56. The van der Waals surface area contributed by atoms with Crippen LogP contribution in [0.4, 0.5) is 5.69 Å². The number of likely N-dealkylation sites (N-methyl/N-ethyl adjacent to an activating group) is 1. The van der Waals surface area contributed by atoms with E-state index >= 15 is 0 Å². The Morgan fingerprint density at radius 2 is 2.29 bits per heavy atom. The van der Waals surface area contributed by atoms with Crippen LogP contribution in [0.3, 0.4) is 0 Å². The predicted octanol–water partition coefficient (Wildman–Crippen LogP) is 2.95. The Balaban J connectivity index is 1.99. The first-order chi connectivity index (χ1) is 8.12. The van der Waals surface area contributed by atoms with Crippen LogP contribution in [0.5, 0.6) is 0 Å². The van der Waals surface area contributed by atoms with Gasteiger partial charge in [-0.1, -0.05) is 24.8 Å². The summed E-state index contributed by atoms with van der Waals surface area (Å²) in [4.78, 5) is 2.33. The second kappa shape index (κ2) is 3.70. The largest absolute Gasteiger partial charge is 0.512 e. The van der Waals surface area contributed by atoms with Gasteiger partial charge in [0.25, 0.3) is 0 Å². The maximum absolute atomic E-state index is 9.58. The lowest BCUT2D eigenvalue weighted by Gasteiger charge is -2.23. The van der Waals surface area contributed by atoms with Gasteiger partial charge in [-0.25, -0.2) is 0 Å². The normalized spacial score (nSPS) is 30.9. The first-order valence-corrected chi connectivity index (χ1v) is 6.97. The smallest absolute Gasteiger partial charge is 0.0981 e. The van der Waals surface area contributed by atoms with Crippen LogP contribution in [0.15, 0.2) is 36.6 Å². The predicted molar refractivity (Wildman–Crippen MR) is 74.0 cm³/mol. The van der Waals surface area contributed by atoms with Gasteiger partial charge in [-0.15, -0.1) is 11.8 Å². The van der Waals surface area contributed by atoms with Crippen LogP contribution < -0.4 is 4.90 Å². The SMILES string of the molecule is C=C(O)C1CC2(CS1)CN(C)c1ccccc12. The minimum absolute atomic E-state index is 0.203. The Bertz CT molecular complexity index is 473. The molecule has 0 amide bonds. The number of rotatable bonds is 1. The second-order valence-electron chi connectivity index (χ2n) is 5.15. The number of benzene rings is 1. The van der Waals surface area contributed by atoms with Crippen molar-refractivity contribution in [3.63, 3.8) is 0 Å². The Kier molecular flexibility index (Phi) is 2.40. The number of aliphatic hydroxyl groups excluding tert-OH is 1. The first kappa shape index (κ1) is 11.0. The zero-order valence-electron chi connectivity index (χ0n) is 10.0. The molecule has 1 aromatic rings. The van der Waals surface area contributed by atoms with Crippen molar-refractivity contribution in [1.82, 2.24) is 0 Å². The highest BCUT2D eigenvalue weighted by Gasteiger charge is 2.47. The van der Waals surface area contributed by atoms with Crippen molar-refractivity contribution in [3.8, 4) is 0 Å². The minimum Gasteiger partial charge on any atom is -0.512 e. The van der Waals surface area contributed by atoms with E-state index in [4.69, 9.17) is 0 Å². The topological polar surface area (TPSA) is 23.5 Å². The van der Waals surface area contributed by atoms with Gasteiger partial charge in [0, 0.05) is 30.4 Å². The fourth-order valence-corrected chi connectivity index (χ4v) is 4.64. The average Bonchev–Trinajstić information content (AvgIpc) is 2.85. The number of anilines is 1. The molecule has 2 nitrogen and oxygen atoms in total. The van der Waals surface area contributed by atoms with Crippen molar-refractivity contribution < 1.29 is 5.11 Å². The van der Waals surface area contributed by atoms with Crippen molar-refractivity contribution in [2.75, 3.05) is 24.2 Å². The average molecular weight is 247 g/mol. The van der Waals surface area contributed by atoms with Gasteiger partial charge in [-0.05, 0) is 18.1 Å². The summed E-state index contributed by atoms with van der Waals surface area (Å²) in [5.74, 6) is 1.41. The van der Waals surface area contributed by atoms with Crippen LogP contribution >= 0.6 is 11.8 Å². The number of para-hydroxylation sites is 1. The molecule has 0 radical (unpaired) electrons. The summed E-state index contributed by atoms with van der Waals surface area (Å²) >= 11 is 1.84. The van der Waals surface area contributed by atoms with Gasteiger partial charge in [0.05, 0.1) is 11.0 Å². The monoisotopic (exact) mass is 247 g/mol. The standard InChI is InChI=1S/C14H17NOS/c1-10(16)13-7-14(9-17-13)8-15(2)12-6-4-3-5-11(12)14/h3-6,13,16H,1,7-9H2,2H3. The maximum Gasteiger partial charge on any atom is 0.0981 e. The van der Waals surface area contributed by atoms with Gasteiger partial charge in [-0.3, -0.25) is 0 Å². The molecule has 3 heteroatoms. The molecule has 1 spiro atoms. The summed E-state index contributed by atoms with van der Waals surface area (Å²) < 4.78 is 0. The molecule has 2 unspecified atom stereocenters. The Hall–Kier alpha value is -1.09. The van der Waals surface area contributed by atoms with Crippen LogP contribution in [0.25, 0.3) is 0 Å². The van der Waals surface area contributed by atoms with E-state index in [0.29, 0.717) is 5.76 Å². The molecular weight excluding hydrogens is 230 g/mol. The summed E-state index contributed by atoms with van der Waals surface area (Å²) in [7, 11) is 2.15. The molecule has 1 aromatic carbocycles. The van der Waals surface area contributed by atoms with Crippen LogP contribution in [-0.4, -0.2) is 29.7 Å². The lowest BCUT2D eigenvalue weighted by molar-refractivity contribution is 0.375. The zero-order valence-corrected chi connectivity index (χ0v) is 10.8. The summed E-state index contributed by atoms with van der Waals surface area (Å²) in [5.41, 5.74) is 3.00.